The molecule has 1 aromatic carbocycles. The number of carbonyl (C=O) groups is 1. The van der Waals surface area contributed by atoms with Gasteiger partial charge in [-0.25, -0.2) is 4.79 Å². The Morgan fingerprint density at radius 2 is 2.00 bits per heavy atom. The number of carbonyl (C=O) groups excluding carboxylic acids is 1. The van der Waals surface area contributed by atoms with E-state index in [0.717, 1.165) is 12.8 Å². The van der Waals surface area contributed by atoms with E-state index in [2.05, 4.69) is 20.0 Å². The Morgan fingerprint density at radius 1 is 1.30 bits per heavy atom. The van der Waals surface area contributed by atoms with Crippen molar-refractivity contribution in [2.24, 2.45) is 0 Å². The minimum Gasteiger partial charge on any atom is -0.445 e. The maximum atomic E-state index is 12.4. The van der Waals surface area contributed by atoms with Gasteiger partial charge in [0.2, 0.25) is 5.82 Å². The third-order valence-corrected chi connectivity index (χ3v) is 3.15. The van der Waals surface area contributed by atoms with Gasteiger partial charge >= 0.3 is 18.2 Å². The van der Waals surface area contributed by atoms with Crippen LogP contribution in [0.25, 0.3) is 11.4 Å². The number of ether oxygens (including phenoxy) is 1. The van der Waals surface area contributed by atoms with E-state index in [1.807, 2.05) is 0 Å². The van der Waals surface area contributed by atoms with Crippen LogP contribution in [-0.4, -0.2) is 22.3 Å². The van der Waals surface area contributed by atoms with Crippen molar-refractivity contribution in [1.82, 2.24) is 15.5 Å². The molecule has 3 rings (SSSR count). The third kappa shape index (κ3) is 3.99. The number of rotatable bonds is 4. The maximum absolute atomic E-state index is 12.4. The SMILES string of the molecule is O=C(NC1CC1)OCc1ccc(-c2noc(C(F)(F)F)n2)cc1. The van der Waals surface area contributed by atoms with E-state index < -0.39 is 18.2 Å². The zero-order valence-electron chi connectivity index (χ0n) is 11.8. The van der Waals surface area contributed by atoms with Gasteiger partial charge in [0, 0.05) is 11.6 Å². The summed E-state index contributed by atoms with van der Waals surface area (Å²) in [5.41, 5.74) is 1.06. The molecular formula is C14H12F3N3O3. The molecule has 0 bridgehead atoms. The molecule has 0 atom stereocenters. The molecule has 6 nitrogen and oxygen atoms in total. The summed E-state index contributed by atoms with van der Waals surface area (Å²) < 4.78 is 46.4. The Kier molecular flexibility index (Phi) is 3.93. The van der Waals surface area contributed by atoms with Crippen molar-refractivity contribution in [3.05, 3.63) is 35.7 Å². The zero-order chi connectivity index (χ0) is 16.4. The number of nitrogens with one attached hydrogen (secondary N) is 1. The number of hydrogen-bond donors (Lipinski definition) is 1. The fourth-order valence-electron chi connectivity index (χ4n) is 1.79. The summed E-state index contributed by atoms with van der Waals surface area (Å²) in [5.74, 6) is -1.55. The largest absolute Gasteiger partial charge is 0.471 e. The first kappa shape index (κ1) is 15.3. The smallest absolute Gasteiger partial charge is 0.445 e. The lowest BCUT2D eigenvalue weighted by Gasteiger charge is -2.06. The highest BCUT2D eigenvalue weighted by atomic mass is 19.4. The van der Waals surface area contributed by atoms with Crippen LogP contribution < -0.4 is 5.32 Å². The van der Waals surface area contributed by atoms with Gasteiger partial charge in [-0.1, -0.05) is 29.4 Å². The summed E-state index contributed by atoms with van der Waals surface area (Å²) in [6.45, 7) is 0.0683. The van der Waals surface area contributed by atoms with Crippen LogP contribution in [0.1, 0.15) is 24.3 Å². The highest BCUT2D eigenvalue weighted by Crippen LogP contribution is 2.29. The molecule has 1 aromatic heterocycles. The summed E-state index contributed by atoms with van der Waals surface area (Å²) in [7, 11) is 0. The van der Waals surface area contributed by atoms with E-state index in [-0.39, 0.29) is 18.5 Å². The van der Waals surface area contributed by atoms with Gasteiger partial charge in [0.15, 0.2) is 0 Å². The molecule has 2 aromatic rings. The van der Waals surface area contributed by atoms with E-state index in [1.165, 1.54) is 12.1 Å². The van der Waals surface area contributed by atoms with Crippen molar-refractivity contribution in [2.45, 2.75) is 31.7 Å². The lowest BCUT2D eigenvalue weighted by molar-refractivity contribution is -0.159. The van der Waals surface area contributed by atoms with Crippen LogP contribution in [0.4, 0.5) is 18.0 Å². The van der Waals surface area contributed by atoms with Gasteiger partial charge in [0.1, 0.15) is 6.61 Å². The van der Waals surface area contributed by atoms with Gasteiger partial charge in [-0.05, 0) is 18.4 Å². The van der Waals surface area contributed by atoms with E-state index in [9.17, 15) is 18.0 Å². The molecule has 0 aliphatic heterocycles. The standard InChI is InChI=1S/C14H12F3N3O3/c15-14(16,17)12-19-11(20-23-12)9-3-1-8(2-4-9)7-22-13(21)18-10-5-6-10/h1-4,10H,5-7H2,(H,18,21). The molecule has 1 fully saturated rings. The van der Waals surface area contributed by atoms with E-state index >= 15 is 0 Å². The molecule has 122 valence electrons. The Balaban J connectivity index is 1.60. The molecule has 0 radical (unpaired) electrons. The molecule has 0 unspecified atom stereocenters. The molecule has 0 spiro atoms. The number of hydrogen-bond acceptors (Lipinski definition) is 5. The Bertz CT molecular complexity index is 693. The van der Waals surface area contributed by atoms with Gasteiger partial charge < -0.3 is 14.6 Å². The molecule has 1 heterocycles. The number of aromatic nitrogens is 2. The maximum Gasteiger partial charge on any atom is 0.471 e. The molecule has 23 heavy (non-hydrogen) atoms. The van der Waals surface area contributed by atoms with Crippen LogP contribution in [0, 0.1) is 0 Å². The van der Waals surface area contributed by atoms with Gasteiger partial charge in [-0.3, -0.25) is 0 Å². The first-order chi connectivity index (χ1) is 10.9. The summed E-state index contributed by atoms with van der Waals surface area (Å²) in [5, 5.41) is 5.97. The highest BCUT2D eigenvalue weighted by Gasteiger charge is 2.38. The minimum absolute atomic E-state index is 0.0683. The topological polar surface area (TPSA) is 77.2 Å². The molecule has 9 heteroatoms. The normalized spacial score (nSPS) is 14.6. The zero-order valence-corrected chi connectivity index (χ0v) is 11.8. The summed E-state index contributed by atoms with van der Waals surface area (Å²) in [4.78, 5) is 14.7. The van der Waals surface area contributed by atoms with Crippen molar-refractivity contribution in [2.75, 3.05) is 0 Å². The Labute approximate surface area is 128 Å². The second-order valence-corrected chi connectivity index (χ2v) is 5.11. The van der Waals surface area contributed by atoms with E-state index in [0.29, 0.717) is 11.1 Å². The molecule has 1 amide bonds. The van der Waals surface area contributed by atoms with Crippen LogP contribution in [0.5, 0.6) is 0 Å². The lowest BCUT2D eigenvalue weighted by atomic mass is 10.1. The summed E-state index contributed by atoms with van der Waals surface area (Å²) in [6.07, 6.45) is -3.22. The molecular weight excluding hydrogens is 315 g/mol. The van der Waals surface area contributed by atoms with Crippen LogP contribution in [0.15, 0.2) is 28.8 Å². The second kappa shape index (κ2) is 5.90. The van der Waals surface area contributed by atoms with Gasteiger partial charge in [-0.2, -0.15) is 18.2 Å². The second-order valence-electron chi connectivity index (χ2n) is 5.11. The first-order valence-corrected chi connectivity index (χ1v) is 6.85. The Hall–Kier alpha value is -2.58. The van der Waals surface area contributed by atoms with E-state index in [4.69, 9.17) is 4.74 Å². The van der Waals surface area contributed by atoms with Crippen molar-refractivity contribution in [1.29, 1.82) is 0 Å². The van der Waals surface area contributed by atoms with Crippen molar-refractivity contribution in [3.63, 3.8) is 0 Å². The monoisotopic (exact) mass is 327 g/mol. The summed E-state index contributed by atoms with van der Waals surface area (Å²) >= 11 is 0. The first-order valence-electron chi connectivity index (χ1n) is 6.85. The van der Waals surface area contributed by atoms with Crippen LogP contribution in [0.3, 0.4) is 0 Å². The number of alkyl halides is 3. The van der Waals surface area contributed by atoms with Gasteiger partial charge in [0.05, 0.1) is 0 Å². The molecule has 0 saturated heterocycles. The van der Waals surface area contributed by atoms with Crippen molar-refractivity contribution < 1.29 is 27.2 Å². The third-order valence-electron chi connectivity index (χ3n) is 3.15. The number of amides is 1. The minimum atomic E-state index is -4.67. The fraction of sp³-hybridized carbons (Fsp3) is 0.357. The molecule has 1 aliphatic rings. The highest BCUT2D eigenvalue weighted by molar-refractivity contribution is 5.68. The number of halogens is 3. The quantitative estimate of drug-likeness (QED) is 0.933. The molecule has 1 saturated carbocycles. The number of alkyl carbamates (subject to hydrolysis) is 1. The predicted molar refractivity (Wildman–Crippen MR) is 71.1 cm³/mol. The lowest BCUT2D eigenvalue weighted by Crippen LogP contribution is -2.25. The van der Waals surface area contributed by atoms with Crippen molar-refractivity contribution in [3.8, 4) is 11.4 Å². The van der Waals surface area contributed by atoms with Crippen LogP contribution in [0.2, 0.25) is 0 Å². The molecule has 1 aliphatic carbocycles. The average Bonchev–Trinajstić information content (AvgIpc) is 3.16. The number of nitrogens with zero attached hydrogens (tertiary/aromatic N) is 2. The fourth-order valence-corrected chi connectivity index (χ4v) is 1.79. The Morgan fingerprint density at radius 3 is 2.57 bits per heavy atom. The van der Waals surface area contributed by atoms with Crippen LogP contribution >= 0.6 is 0 Å². The number of benzene rings is 1. The predicted octanol–water partition coefficient (Wildman–Crippen LogP) is 3.14. The van der Waals surface area contributed by atoms with Crippen molar-refractivity contribution >= 4 is 6.09 Å². The summed E-state index contributed by atoms with van der Waals surface area (Å²) in [6, 6.07) is 6.50. The van der Waals surface area contributed by atoms with Gasteiger partial charge in [-0.15, -0.1) is 0 Å². The van der Waals surface area contributed by atoms with E-state index in [1.54, 1.807) is 12.1 Å². The molecule has 1 N–H and O–H groups in total. The average molecular weight is 327 g/mol. The van der Waals surface area contributed by atoms with Gasteiger partial charge in [0.25, 0.3) is 0 Å². The van der Waals surface area contributed by atoms with Crippen LogP contribution in [-0.2, 0) is 17.5 Å².